The molecular formula is C30H24ClN3Na2O11S3. The number of anilines is 4. The van der Waals surface area contributed by atoms with Crippen LogP contribution in [-0.2, 0) is 34.9 Å². The molecule has 20 heteroatoms. The zero-order chi connectivity index (χ0) is 35.3. The SMILES string of the molecule is Cc1c(NC(=O)CC(Cl)S(=O)(=O)c2ccccc2)cc(S(=O)(=O)O)cc1Nc1cc(S(=O)(=O)O)c(N)c2c1C(=O)c1ccccc1C2=O.[Na].[Na]. The van der Waals surface area contributed by atoms with Gasteiger partial charge in [0.05, 0.1) is 38.7 Å². The second kappa shape index (κ2) is 15.5. The van der Waals surface area contributed by atoms with Gasteiger partial charge in [-0.25, -0.2) is 8.42 Å². The van der Waals surface area contributed by atoms with Gasteiger partial charge in [0.15, 0.2) is 21.4 Å². The molecule has 6 N–H and O–H groups in total. The largest absolute Gasteiger partial charge is 0.397 e. The molecule has 0 saturated carbocycles. The molecule has 0 fully saturated rings. The number of carbonyl (C=O) groups is 3. The zero-order valence-electron chi connectivity index (χ0n) is 26.5. The van der Waals surface area contributed by atoms with Gasteiger partial charge in [-0.3, -0.25) is 23.5 Å². The predicted octanol–water partition coefficient (Wildman–Crippen LogP) is 3.20. The molecule has 5 rings (SSSR count). The van der Waals surface area contributed by atoms with Gasteiger partial charge in [-0.15, -0.1) is 11.6 Å². The van der Waals surface area contributed by atoms with E-state index >= 15 is 0 Å². The van der Waals surface area contributed by atoms with Gasteiger partial charge in [0.2, 0.25) is 5.91 Å². The van der Waals surface area contributed by atoms with E-state index in [2.05, 4.69) is 10.6 Å². The van der Waals surface area contributed by atoms with Crippen LogP contribution >= 0.6 is 11.6 Å². The number of nitrogens with one attached hydrogen (secondary N) is 2. The summed E-state index contributed by atoms with van der Waals surface area (Å²) in [5.41, 5.74) is 3.39. The van der Waals surface area contributed by atoms with Gasteiger partial charge in [0.1, 0.15) is 9.60 Å². The molecule has 0 aliphatic heterocycles. The number of halogens is 1. The van der Waals surface area contributed by atoms with Crippen LogP contribution in [0.25, 0.3) is 0 Å². The Morgan fingerprint density at radius 3 is 1.82 bits per heavy atom. The van der Waals surface area contributed by atoms with Gasteiger partial charge in [0.25, 0.3) is 20.2 Å². The van der Waals surface area contributed by atoms with E-state index in [0.717, 1.165) is 18.2 Å². The Morgan fingerprint density at radius 1 is 0.760 bits per heavy atom. The number of benzene rings is 4. The summed E-state index contributed by atoms with van der Waals surface area (Å²) in [4.78, 5) is 38.3. The van der Waals surface area contributed by atoms with Crippen LogP contribution in [0.4, 0.5) is 22.7 Å². The number of nitrogens with two attached hydrogens (primary N) is 1. The first-order valence-electron chi connectivity index (χ1n) is 13.6. The Kier molecular flexibility index (Phi) is 13.0. The number of rotatable bonds is 9. The Labute approximate surface area is 336 Å². The minimum absolute atomic E-state index is 0. The van der Waals surface area contributed by atoms with Gasteiger partial charge in [-0.2, -0.15) is 16.8 Å². The standard InChI is InChI=1S/C30H24ClN3O11S3.2Na/c1-15-20(11-17(47(40,41)42)12-21(15)34-25(35)14-24(31)46(38,39)16-7-3-2-4-8-16)33-22-13-23(48(43,44)45)28(32)27-26(22)29(36)18-9-5-6-10-19(18)30(27)37;;/h2-13,24,33H,14,32H2,1H3,(H,34,35)(H,40,41,42)(H,43,44,45);;. The second-order valence-corrected chi connectivity index (χ2v) is 16.3. The molecule has 2 radical (unpaired) electrons. The first kappa shape index (κ1) is 41.8. The zero-order valence-corrected chi connectivity index (χ0v) is 33.7. The van der Waals surface area contributed by atoms with Crippen molar-refractivity contribution in [2.45, 2.75) is 32.7 Å². The summed E-state index contributed by atoms with van der Waals surface area (Å²) in [6.45, 7) is 1.36. The van der Waals surface area contributed by atoms with Crippen molar-refractivity contribution in [1.82, 2.24) is 0 Å². The van der Waals surface area contributed by atoms with Crippen LogP contribution in [-0.4, -0.2) is 116 Å². The molecule has 0 bridgehead atoms. The number of fused-ring (bicyclic) bond motifs is 2. The fourth-order valence-electron chi connectivity index (χ4n) is 5.06. The van der Waals surface area contributed by atoms with Gasteiger partial charge >= 0.3 is 0 Å². The molecule has 50 heavy (non-hydrogen) atoms. The maximum Gasteiger partial charge on any atom is 0.296 e. The van der Waals surface area contributed by atoms with Crippen LogP contribution in [0.15, 0.2) is 87.5 Å². The van der Waals surface area contributed by atoms with Crippen molar-refractivity contribution in [2.24, 2.45) is 0 Å². The molecule has 4 aromatic carbocycles. The normalized spacial score (nSPS) is 13.2. The van der Waals surface area contributed by atoms with E-state index in [1.807, 2.05) is 0 Å². The molecule has 14 nitrogen and oxygen atoms in total. The number of alkyl halides is 1. The van der Waals surface area contributed by atoms with E-state index in [4.69, 9.17) is 17.3 Å². The first-order chi connectivity index (χ1) is 22.3. The number of hydrogen-bond acceptors (Lipinski definition) is 11. The summed E-state index contributed by atoms with van der Waals surface area (Å²) in [5.74, 6) is -2.56. The number of hydrogen-bond donors (Lipinski definition) is 5. The Morgan fingerprint density at radius 2 is 1.28 bits per heavy atom. The molecular weight excluding hydrogens is 756 g/mol. The molecule has 4 aromatic rings. The Balaban J connectivity index is 0.00000338. The van der Waals surface area contributed by atoms with E-state index in [1.165, 1.54) is 55.5 Å². The molecule has 0 saturated heterocycles. The van der Waals surface area contributed by atoms with Crippen molar-refractivity contribution < 1.29 is 48.7 Å². The third-order valence-electron chi connectivity index (χ3n) is 7.45. The second-order valence-electron chi connectivity index (χ2n) is 10.5. The molecule has 0 aromatic heterocycles. The smallest absolute Gasteiger partial charge is 0.296 e. The van der Waals surface area contributed by atoms with E-state index in [9.17, 15) is 48.7 Å². The molecule has 0 spiro atoms. The minimum Gasteiger partial charge on any atom is -0.397 e. The quantitative estimate of drug-likeness (QED) is 0.0626. The summed E-state index contributed by atoms with van der Waals surface area (Å²) in [7, 11) is -14.2. The van der Waals surface area contributed by atoms with Crippen molar-refractivity contribution in [1.29, 1.82) is 0 Å². The molecule has 252 valence electrons. The number of carbonyl (C=O) groups excluding carboxylic acids is 3. The average molecular weight is 780 g/mol. The molecule has 1 atom stereocenters. The Bertz CT molecular complexity index is 2390. The van der Waals surface area contributed by atoms with Crippen LogP contribution in [0.5, 0.6) is 0 Å². The van der Waals surface area contributed by atoms with Crippen LogP contribution in [0, 0.1) is 6.92 Å². The maximum atomic E-state index is 13.7. The minimum atomic E-state index is -5.09. The van der Waals surface area contributed by atoms with Crippen LogP contribution in [0.1, 0.15) is 43.8 Å². The predicted molar refractivity (Wildman–Crippen MR) is 186 cm³/mol. The summed E-state index contributed by atoms with van der Waals surface area (Å²) >= 11 is 6.11. The Hall–Kier alpha value is -2.65. The number of nitrogen functional groups attached to an aromatic ring is 1. The van der Waals surface area contributed by atoms with E-state index in [0.29, 0.717) is 0 Å². The molecule has 1 amide bonds. The number of amides is 1. The van der Waals surface area contributed by atoms with Crippen LogP contribution < -0.4 is 16.4 Å². The van der Waals surface area contributed by atoms with Crippen molar-refractivity contribution in [3.63, 3.8) is 0 Å². The molecule has 1 aliphatic carbocycles. The fraction of sp³-hybridized carbons (Fsp3) is 0.100. The van der Waals surface area contributed by atoms with Gasteiger partial charge < -0.3 is 16.4 Å². The first-order valence-corrected chi connectivity index (χ1v) is 18.4. The van der Waals surface area contributed by atoms with E-state index < -0.39 is 91.0 Å². The molecule has 0 heterocycles. The third kappa shape index (κ3) is 8.19. The van der Waals surface area contributed by atoms with Crippen molar-refractivity contribution in [3.05, 3.63) is 101 Å². The third-order valence-corrected chi connectivity index (χ3v) is 11.8. The van der Waals surface area contributed by atoms with Crippen molar-refractivity contribution in [2.75, 3.05) is 16.4 Å². The van der Waals surface area contributed by atoms with E-state index in [-0.39, 0.29) is 92.1 Å². The average Bonchev–Trinajstić information content (AvgIpc) is 3.01. The van der Waals surface area contributed by atoms with E-state index in [1.54, 1.807) is 6.07 Å². The topological polar surface area (TPSA) is 244 Å². The number of ketones is 2. The molecule has 1 aliphatic rings. The monoisotopic (exact) mass is 779 g/mol. The van der Waals surface area contributed by atoms with Gasteiger partial charge in [-0.1, -0.05) is 42.5 Å². The summed E-state index contributed by atoms with van der Waals surface area (Å²) < 4.78 is 92.8. The van der Waals surface area contributed by atoms with Gasteiger partial charge in [-0.05, 0) is 42.8 Å². The summed E-state index contributed by atoms with van der Waals surface area (Å²) in [6, 6.07) is 15.3. The summed E-state index contributed by atoms with van der Waals surface area (Å²) in [6.07, 6.45) is -0.781. The van der Waals surface area contributed by atoms with Crippen molar-refractivity contribution >= 4 is 141 Å². The van der Waals surface area contributed by atoms with Crippen LogP contribution in [0.2, 0.25) is 0 Å². The molecule has 1 unspecified atom stereocenters. The van der Waals surface area contributed by atoms with Crippen molar-refractivity contribution in [3.8, 4) is 0 Å². The van der Waals surface area contributed by atoms with Crippen LogP contribution in [0.3, 0.4) is 0 Å². The number of sulfone groups is 1. The summed E-state index contributed by atoms with van der Waals surface area (Å²) in [5, 5.41) is 5.04. The maximum absolute atomic E-state index is 13.7. The fourth-order valence-corrected chi connectivity index (χ4v) is 7.89. The van der Waals surface area contributed by atoms with Gasteiger partial charge in [0, 0.05) is 81.6 Å².